The number of rotatable bonds is 4. The van der Waals surface area contributed by atoms with E-state index in [1.807, 2.05) is 0 Å². The number of H-pyrrole nitrogens is 1. The van der Waals surface area contributed by atoms with E-state index in [9.17, 15) is 17.6 Å². The first-order valence-electron chi connectivity index (χ1n) is 6.72. The van der Waals surface area contributed by atoms with E-state index in [0.717, 1.165) is 12.1 Å². The van der Waals surface area contributed by atoms with Gasteiger partial charge in [0.1, 0.15) is 17.0 Å². The second kappa shape index (κ2) is 5.57. The first kappa shape index (κ1) is 15.9. The molecule has 2 heterocycles. The summed E-state index contributed by atoms with van der Waals surface area (Å²) in [5.74, 6) is -1.52. The number of primary amides is 1. The number of pyridine rings is 1. The third kappa shape index (κ3) is 2.56. The fraction of sp³-hybridized carbons (Fsp3) is 0.0714. The maximum atomic E-state index is 13.8. The van der Waals surface area contributed by atoms with Crippen LogP contribution in [0.3, 0.4) is 0 Å². The number of nitrogens with two attached hydrogens (primary N) is 1. The van der Waals surface area contributed by atoms with Crippen LogP contribution < -0.4 is 10.5 Å². The van der Waals surface area contributed by atoms with Gasteiger partial charge in [-0.3, -0.25) is 19.6 Å². The number of benzene rings is 1. The Kier molecular flexibility index (Phi) is 3.68. The third-order valence-corrected chi connectivity index (χ3v) is 4.79. The molecule has 0 saturated carbocycles. The average Bonchev–Trinajstić information content (AvgIpc) is 2.88. The van der Waals surface area contributed by atoms with Crippen molar-refractivity contribution in [1.29, 1.82) is 0 Å². The number of aryl methyl sites for hydroxylation is 1. The summed E-state index contributed by atoms with van der Waals surface area (Å²) in [4.78, 5) is 15.0. The van der Waals surface area contributed by atoms with E-state index in [-0.39, 0.29) is 27.2 Å². The highest BCUT2D eigenvalue weighted by Gasteiger charge is 2.24. The first-order chi connectivity index (χ1) is 11.3. The van der Waals surface area contributed by atoms with Crippen LogP contribution >= 0.6 is 0 Å². The molecular formula is C14H12FN5O3S. The molecule has 0 fully saturated rings. The van der Waals surface area contributed by atoms with Crippen molar-refractivity contribution in [2.75, 3.05) is 4.72 Å². The van der Waals surface area contributed by atoms with Gasteiger partial charge >= 0.3 is 0 Å². The number of sulfonamides is 1. The number of carbonyl (C=O) groups excluding carboxylic acids is 1. The minimum Gasteiger partial charge on any atom is -0.364 e. The van der Waals surface area contributed by atoms with Crippen LogP contribution in [-0.4, -0.2) is 29.5 Å². The lowest BCUT2D eigenvalue weighted by Crippen LogP contribution is -2.19. The van der Waals surface area contributed by atoms with Crippen LogP contribution in [-0.2, 0) is 10.0 Å². The molecule has 0 aliphatic heterocycles. The van der Waals surface area contributed by atoms with Gasteiger partial charge in [0.15, 0.2) is 5.69 Å². The number of halogens is 1. The van der Waals surface area contributed by atoms with Gasteiger partial charge in [-0.1, -0.05) is 0 Å². The van der Waals surface area contributed by atoms with Gasteiger partial charge < -0.3 is 5.73 Å². The number of amides is 1. The molecule has 4 N–H and O–H groups in total. The van der Waals surface area contributed by atoms with Crippen LogP contribution in [0.4, 0.5) is 10.1 Å². The lowest BCUT2D eigenvalue weighted by Gasteiger charge is -2.11. The highest BCUT2D eigenvalue weighted by atomic mass is 32.2. The first-order valence-corrected chi connectivity index (χ1v) is 8.20. The molecule has 3 aromatic rings. The lowest BCUT2D eigenvalue weighted by atomic mass is 10.2. The van der Waals surface area contributed by atoms with Crippen molar-refractivity contribution in [3.8, 4) is 0 Å². The minimum atomic E-state index is -4.13. The van der Waals surface area contributed by atoms with Crippen molar-refractivity contribution in [2.24, 2.45) is 5.73 Å². The third-order valence-electron chi connectivity index (χ3n) is 3.39. The highest BCUT2D eigenvalue weighted by Crippen LogP contribution is 2.27. The topological polar surface area (TPSA) is 131 Å². The van der Waals surface area contributed by atoms with Crippen molar-refractivity contribution >= 4 is 32.5 Å². The standard InChI is InChI=1S/C14H12FN5O3S/c1-7-11(13(14(16)21)19-18-7)20-24(22,23)10-5-4-9(15)12-8(10)3-2-6-17-12/h2-6,20H,1H3,(H2,16,21)(H,18,19). The Balaban J connectivity index is 2.15. The van der Waals surface area contributed by atoms with Crippen molar-refractivity contribution < 1.29 is 17.6 Å². The number of nitrogens with zero attached hydrogens (tertiary/aromatic N) is 2. The zero-order valence-electron chi connectivity index (χ0n) is 12.4. The van der Waals surface area contributed by atoms with Gasteiger partial charge in [-0.25, -0.2) is 12.8 Å². The van der Waals surface area contributed by atoms with Gasteiger partial charge in [-0.2, -0.15) is 5.10 Å². The summed E-state index contributed by atoms with van der Waals surface area (Å²) in [6.45, 7) is 1.53. The number of aromatic nitrogens is 3. The van der Waals surface area contributed by atoms with Gasteiger partial charge in [0, 0.05) is 11.6 Å². The predicted molar refractivity (Wildman–Crippen MR) is 84.4 cm³/mol. The predicted octanol–water partition coefficient (Wildman–Crippen LogP) is 1.31. The molecule has 0 radical (unpaired) electrons. The largest absolute Gasteiger partial charge is 0.364 e. The van der Waals surface area contributed by atoms with Crippen molar-refractivity contribution in [1.82, 2.24) is 15.2 Å². The van der Waals surface area contributed by atoms with Crippen LogP contribution in [0, 0.1) is 12.7 Å². The molecule has 0 saturated heterocycles. The second-order valence-corrected chi connectivity index (χ2v) is 6.64. The Morgan fingerprint density at radius 2 is 2.08 bits per heavy atom. The molecule has 1 aromatic carbocycles. The van der Waals surface area contributed by atoms with Crippen LogP contribution in [0.1, 0.15) is 16.2 Å². The molecule has 8 nitrogen and oxygen atoms in total. The summed E-state index contributed by atoms with van der Waals surface area (Å²) in [7, 11) is -4.13. The number of fused-ring (bicyclic) bond motifs is 1. The number of aromatic amines is 1. The summed E-state index contributed by atoms with van der Waals surface area (Å²) < 4.78 is 41.5. The molecule has 1 amide bonds. The number of hydrogen-bond acceptors (Lipinski definition) is 5. The lowest BCUT2D eigenvalue weighted by molar-refractivity contribution is 0.0996. The molecule has 0 aliphatic carbocycles. The molecule has 0 unspecified atom stereocenters. The monoisotopic (exact) mass is 349 g/mol. The molecule has 2 aromatic heterocycles. The Morgan fingerprint density at radius 1 is 1.33 bits per heavy atom. The fourth-order valence-electron chi connectivity index (χ4n) is 2.27. The second-order valence-electron chi connectivity index (χ2n) is 4.99. The fourth-order valence-corrected chi connectivity index (χ4v) is 3.60. The Morgan fingerprint density at radius 3 is 2.79 bits per heavy atom. The van der Waals surface area contributed by atoms with Crippen LogP contribution in [0.2, 0.25) is 0 Å². The quantitative estimate of drug-likeness (QED) is 0.653. The zero-order valence-corrected chi connectivity index (χ0v) is 13.2. The summed E-state index contributed by atoms with van der Waals surface area (Å²) in [6, 6.07) is 5.08. The van der Waals surface area contributed by atoms with E-state index in [4.69, 9.17) is 5.73 Å². The van der Waals surface area contributed by atoms with E-state index in [2.05, 4.69) is 19.9 Å². The number of hydrogen-bond donors (Lipinski definition) is 3. The molecule has 0 spiro atoms. The smallest absolute Gasteiger partial charge is 0.271 e. The van der Waals surface area contributed by atoms with Crippen molar-refractivity contribution in [3.63, 3.8) is 0 Å². The van der Waals surface area contributed by atoms with Crippen LogP contribution in [0.5, 0.6) is 0 Å². The number of anilines is 1. The number of carbonyl (C=O) groups is 1. The van der Waals surface area contributed by atoms with E-state index in [1.54, 1.807) is 0 Å². The zero-order chi connectivity index (χ0) is 17.5. The van der Waals surface area contributed by atoms with Gasteiger partial charge in [0.05, 0.1) is 10.6 Å². The molecule has 10 heteroatoms. The van der Waals surface area contributed by atoms with Gasteiger partial charge in [-0.05, 0) is 31.2 Å². The summed E-state index contributed by atoms with van der Waals surface area (Å²) in [5.41, 5.74) is 5.14. The van der Waals surface area contributed by atoms with E-state index in [1.165, 1.54) is 25.3 Å². The van der Waals surface area contributed by atoms with E-state index >= 15 is 0 Å². The minimum absolute atomic E-state index is 0.0520. The summed E-state index contributed by atoms with van der Waals surface area (Å²) in [6.07, 6.45) is 1.36. The van der Waals surface area contributed by atoms with Crippen LogP contribution in [0.15, 0.2) is 35.4 Å². The number of nitrogens with one attached hydrogen (secondary N) is 2. The maximum Gasteiger partial charge on any atom is 0.271 e. The normalized spacial score (nSPS) is 11.6. The molecule has 0 aliphatic rings. The van der Waals surface area contributed by atoms with Gasteiger partial charge in [0.25, 0.3) is 15.9 Å². The molecule has 124 valence electrons. The average molecular weight is 349 g/mol. The Hall–Kier alpha value is -3.01. The molecule has 0 bridgehead atoms. The van der Waals surface area contributed by atoms with Crippen molar-refractivity contribution in [3.05, 3.63) is 47.7 Å². The SMILES string of the molecule is Cc1[nH]nc(C(N)=O)c1NS(=O)(=O)c1ccc(F)c2ncccc12. The molecule has 24 heavy (non-hydrogen) atoms. The molecule has 3 rings (SSSR count). The van der Waals surface area contributed by atoms with Gasteiger partial charge in [0.2, 0.25) is 0 Å². The Labute approximate surface area is 135 Å². The van der Waals surface area contributed by atoms with E-state index < -0.39 is 21.7 Å². The molecular weight excluding hydrogens is 337 g/mol. The van der Waals surface area contributed by atoms with E-state index in [0.29, 0.717) is 5.69 Å². The summed E-state index contributed by atoms with van der Waals surface area (Å²) in [5, 5.41) is 6.28. The maximum absolute atomic E-state index is 13.8. The van der Waals surface area contributed by atoms with Crippen molar-refractivity contribution in [2.45, 2.75) is 11.8 Å². The van der Waals surface area contributed by atoms with Gasteiger partial charge in [-0.15, -0.1) is 0 Å². The highest BCUT2D eigenvalue weighted by molar-refractivity contribution is 7.93. The van der Waals surface area contributed by atoms with Crippen LogP contribution in [0.25, 0.3) is 10.9 Å². The summed E-state index contributed by atoms with van der Waals surface area (Å²) >= 11 is 0. The Bertz CT molecular complexity index is 1060. The molecule has 0 atom stereocenters.